The number of hydrogen-bond acceptors (Lipinski definition) is 7. The van der Waals surface area contributed by atoms with E-state index >= 15 is 0 Å². The first kappa shape index (κ1) is 14.1. The highest BCUT2D eigenvalue weighted by molar-refractivity contribution is 7.09. The van der Waals surface area contributed by atoms with Gasteiger partial charge in [-0.2, -0.15) is 5.26 Å². The molecule has 0 aliphatic carbocycles. The first-order chi connectivity index (χ1) is 9.51. The number of nitriles is 1. The van der Waals surface area contributed by atoms with E-state index in [2.05, 4.69) is 4.98 Å². The predicted octanol–water partition coefficient (Wildman–Crippen LogP) is 1.71. The normalized spacial score (nSPS) is 18.6. The van der Waals surface area contributed by atoms with E-state index in [1.165, 1.54) is 18.4 Å². The summed E-state index contributed by atoms with van der Waals surface area (Å²) in [5.41, 5.74) is 8.65. The van der Waals surface area contributed by atoms with Crippen LogP contribution in [0.3, 0.4) is 0 Å². The maximum atomic E-state index is 12.0. The van der Waals surface area contributed by atoms with Gasteiger partial charge in [-0.05, 0) is 13.8 Å². The number of thiazole rings is 1. The number of aryl methyl sites for hydroxylation is 1. The summed E-state index contributed by atoms with van der Waals surface area (Å²) >= 11 is 1.36. The van der Waals surface area contributed by atoms with E-state index in [1.54, 1.807) is 12.4 Å². The minimum atomic E-state index is -0.589. The van der Waals surface area contributed by atoms with E-state index in [4.69, 9.17) is 15.2 Å². The van der Waals surface area contributed by atoms with E-state index < -0.39 is 11.9 Å². The summed E-state index contributed by atoms with van der Waals surface area (Å²) in [4.78, 5) is 17.0. The van der Waals surface area contributed by atoms with E-state index in [9.17, 15) is 10.1 Å². The molecular weight excluding hydrogens is 278 g/mol. The Morgan fingerprint density at radius 1 is 1.60 bits per heavy atom. The molecule has 0 spiro atoms. The van der Waals surface area contributed by atoms with Crippen LogP contribution in [-0.2, 0) is 14.3 Å². The third-order valence-corrected chi connectivity index (χ3v) is 4.05. The molecule has 1 atom stereocenters. The average molecular weight is 291 g/mol. The number of allylic oxidation sites excluding steroid dienone is 2. The lowest BCUT2D eigenvalue weighted by Crippen LogP contribution is -2.24. The highest BCUT2D eigenvalue weighted by atomic mass is 32.1. The van der Waals surface area contributed by atoms with E-state index in [-0.39, 0.29) is 17.0 Å². The summed E-state index contributed by atoms with van der Waals surface area (Å²) in [6.45, 7) is 3.44. The van der Waals surface area contributed by atoms with Crippen LogP contribution in [0, 0.1) is 18.3 Å². The summed E-state index contributed by atoms with van der Waals surface area (Å²) in [7, 11) is 1.28. The van der Waals surface area contributed by atoms with Crippen molar-refractivity contribution in [3.05, 3.63) is 38.9 Å². The second-order valence-corrected chi connectivity index (χ2v) is 5.07. The topological polar surface area (TPSA) is 98.2 Å². The van der Waals surface area contributed by atoms with Crippen molar-refractivity contribution in [2.75, 3.05) is 7.11 Å². The molecule has 2 N–H and O–H groups in total. The number of carbonyl (C=O) groups excluding carboxylic acids is 1. The van der Waals surface area contributed by atoms with Gasteiger partial charge in [0.05, 0.1) is 29.8 Å². The zero-order valence-electron chi connectivity index (χ0n) is 11.3. The highest BCUT2D eigenvalue weighted by Crippen LogP contribution is 2.41. The van der Waals surface area contributed by atoms with Crippen molar-refractivity contribution in [3.63, 3.8) is 0 Å². The van der Waals surface area contributed by atoms with Gasteiger partial charge in [-0.1, -0.05) is 0 Å². The Kier molecular flexibility index (Phi) is 3.77. The lowest BCUT2D eigenvalue weighted by molar-refractivity contribution is -0.136. The summed E-state index contributed by atoms with van der Waals surface area (Å²) < 4.78 is 10.1. The first-order valence-corrected chi connectivity index (χ1v) is 6.65. The number of esters is 1. The van der Waals surface area contributed by atoms with Gasteiger partial charge in [0.1, 0.15) is 17.4 Å². The van der Waals surface area contributed by atoms with Gasteiger partial charge < -0.3 is 15.2 Å². The van der Waals surface area contributed by atoms with Gasteiger partial charge in [0.2, 0.25) is 5.88 Å². The van der Waals surface area contributed by atoms with Crippen LogP contribution in [0.15, 0.2) is 28.3 Å². The van der Waals surface area contributed by atoms with E-state index in [0.717, 1.165) is 10.6 Å². The molecule has 1 aliphatic rings. The molecule has 0 saturated heterocycles. The Hall–Kier alpha value is -2.33. The largest absolute Gasteiger partial charge is 0.466 e. The lowest BCUT2D eigenvalue weighted by atomic mass is 9.87. The third-order valence-electron chi connectivity index (χ3n) is 3.06. The maximum absolute atomic E-state index is 12.0. The predicted molar refractivity (Wildman–Crippen MR) is 72.2 cm³/mol. The second-order valence-electron chi connectivity index (χ2n) is 4.19. The second kappa shape index (κ2) is 5.35. The van der Waals surface area contributed by atoms with Crippen molar-refractivity contribution < 1.29 is 14.3 Å². The maximum Gasteiger partial charge on any atom is 0.338 e. The van der Waals surface area contributed by atoms with Gasteiger partial charge in [0, 0.05) is 4.88 Å². The van der Waals surface area contributed by atoms with E-state index in [0.29, 0.717) is 5.76 Å². The number of nitrogens with two attached hydrogens (primary N) is 1. The number of ether oxygens (including phenoxy) is 2. The molecule has 1 aliphatic heterocycles. The number of carbonyl (C=O) groups is 1. The Bertz CT molecular complexity index is 667. The fourth-order valence-corrected chi connectivity index (χ4v) is 3.03. The molecule has 2 heterocycles. The molecule has 1 unspecified atom stereocenters. The lowest BCUT2D eigenvalue weighted by Gasteiger charge is -2.25. The molecular formula is C13H13N3O3S. The number of aromatic nitrogens is 1. The van der Waals surface area contributed by atoms with Crippen LogP contribution in [0.25, 0.3) is 0 Å². The van der Waals surface area contributed by atoms with Crippen molar-refractivity contribution in [1.29, 1.82) is 5.26 Å². The van der Waals surface area contributed by atoms with Crippen LogP contribution in [0.2, 0.25) is 0 Å². The fourth-order valence-electron chi connectivity index (χ4n) is 2.11. The molecule has 2 rings (SSSR count). The zero-order chi connectivity index (χ0) is 14.9. The van der Waals surface area contributed by atoms with Gasteiger partial charge in [-0.15, -0.1) is 11.3 Å². The summed E-state index contributed by atoms with van der Waals surface area (Å²) in [5.74, 6) is -0.782. The van der Waals surface area contributed by atoms with Crippen molar-refractivity contribution in [2.45, 2.75) is 19.8 Å². The summed E-state index contributed by atoms with van der Waals surface area (Å²) in [6, 6.07) is 2.02. The summed E-state index contributed by atoms with van der Waals surface area (Å²) in [5, 5.41) is 9.32. The van der Waals surface area contributed by atoms with Crippen molar-refractivity contribution in [1.82, 2.24) is 4.98 Å². The van der Waals surface area contributed by atoms with Crippen LogP contribution >= 0.6 is 11.3 Å². The minimum absolute atomic E-state index is 0.00968. The van der Waals surface area contributed by atoms with Crippen molar-refractivity contribution in [2.24, 2.45) is 5.73 Å². The van der Waals surface area contributed by atoms with Crippen LogP contribution in [-0.4, -0.2) is 18.1 Å². The van der Waals surface area contributed by atoms with Crippen LogP contribution in [0.1, 0.15) is 23.4 Å². The molecule has 20 heavy (non-hydrogen) atoms. The number of rotatable bonds is 2. The quantitative estimate of drug-likeness (QED) is 0.833. The molecule has 0 fully saturated rings. The van der Waals surface area contributed by atoms with Gasteiger partial charge in [-0.25, -0.2) is 9.78 Å². The monoisotopic (exact) mass is 291 g/mol. The number of methoxy groups -OCH3 is 1. The SMILES string of the molecule is COC(=O)C1=C(C)OC(N)=C(C#N)C1c1scnc1C. The van der Waals surface area contributed by atoms with Gasteiger partial charge in [-0.3, -0.25) is 0 Å². The zero-order valence-corrected chi connectivity index (χ0v) is 12.1. The van der Waals surface area contributed by atoms with Crippen molar-refractivity contribution >= 4 is 17.3 Å². The molecule has 0 bridgehead atoms. The molecule has 1 aromatic heterocycles. The van der Waals surface area contributed by atoms with Crippen LogP contribution < -0.4 is 5.73 Å². The van der Waals surface area contributed by atoms with Crippen LogP contribution in [0.4, 0.5) is 0 Å². The molecule has 0 radical (unpaired) electrons. The Morgan fingerprint density at radius 3 is 2.80 bits per heavy atom. The molecule has 1 aromatic rings. The molecule has 0 amide bonds. The number of nitrogens with zero attached hydrogens (tertiary/aromatic N) is 2. The molecule has 104 valence electrons. The van der Waals surface area contributed by atoms with Crippen molar-refractivity contribution in [3.8, 4) is 6.07 Å². The molecule has 0 saturated carbocycles. The Balaban J connectivity index is 2.66. The Labute approximate surface area is 120 Å². The first-order valence-electron chi connectivity index (χ1n) is 5.77. The smallest absolute Gasteiger partial charge is 0.338 e. The minimum Gasteiger partial charge on any atom is -0.466 e. The van der Waals surface area contributed by atoms with Gasteiger partial charge in [0.15, 0.2) is 0 Å². The summed E-state index contributed by atoms with van der Waals surface area (Å²) in [6.07, 6.45) is 0. The molecule has 0 aromatic carbocycles. The van der Waals surface area contributed by atoms with Gasteiger partial charge >= 0.3 is 5.97 Å². The van der Waals surface area contributed by atoms with E-state index in [1.807, 2.05) is 13.0 Å². The van der Waals surface area contributed by atoms with Crippen LogP contribution in [0.5, 0.6) is 0 Å². The Morgan fingerprint density at radius 2 is 2.30 bits per heavy atom. The molecule has 6 nitrogen and oxygen atoms in total. The van der Waals surface area contributed by atoms with Gasteiger partial charge in [0.25, 0.3) is 0 Å². The average Bonchev–Trinajstić information content (AvgIpc) is 2.83. The number of hydrogen-bond donors (Lipinski definition) is 1. The third kappa shape index (κ3) is 2.14. The standard InChI is InChI=1S/C13H13N3O3S/c1-6-11(20-5-16-6)10-8(4-14)12(15)19-7(2)9(10)13(17)18-3/h5,10H,15H2,1-3H3. The molecule has 7 heteroatoms. The fraction of sp³-hybridized carbons (Fsp3) is 0.308. The highest BCUT2D eigenvalue weighted by Gasteiger charge is 2.37.